The molecule has 2 aromatic heterocycles. The monoisotopic (exact) mass is 373 g/mol. The summed E-state index contributed by atoms with van der Waals surface area (Å²) in [5.41, 5.74) is 0.795. The number of H-pyrrole nitrogens is 1. The summed E-state index contributed by atoms with van der Waals surface area (Å²) in [5.74, 6) is 1.20. The van der Waals surface area contributed by atoms with Crippen LogP contribution in [0.15, 0.2) is 44.8 Å². The first-order valence-corrected chi connectivity index (χ1v) is 9.42. The molecule has 0 bridgehead atoms. The lowest BCUT2D eigenvalue weighted by Crippen LogP contribution is -2.19. The van der Waals surface area contributed by atoms with Gasteiger partial charge >= 0.3 is 5.69 Å². The van der Waals surface area contributed by atoms with E-state index in [0.717, 1.165) is 6.42 Å². The minimum Gasteiger partial charge on any atom is -0.338 e. The predicted molar refractivity (Wildman–Crippen MR) is 100 cm³/mol. The molecule has 0 fully saturated rings. The predicted octanol–water partition coefficient (Wildman–Crippen LogP) is 3.35. The molecule has 2 heterocycles. The number of aryl methyl sites for hydroxylation is 1. The van der Waals surface area contributed by atoms with Crippen molar-refractivity contribution in [2.24, 2.45) is 0 Å². The number of hydrogen-bond donors (Lipinski definition) is 1. The maximum absolute atomic E-state index is 12.1. The summed E-state index contributed by atoms with van der Waals surface area (Å²) in [6.07, 6.45) is 0.761. The number of hydrogen-bond acceptors (Lipinski definition) is 6. The van der Waals surface area contributed by atoms with Crippen molar-refractivity contribution in [1.82, 2.24) is 24.9 Å². The second-order valence-electron chi connectivity index (χ2n) is 7.16. The van der Waals surface area contributed by atoms with Gasteiger partial charge in [-0.1, -0.05) is 68.0 Å². The second kappa shape index (κ2) is 7.49. The first kappa shape index (κ1) is 18.4. The zero-order valence-electron chi connectivity index (χ0n) is 15.4. The van der Waals surface area contributed by atoms with Crippen LogP contribution < -0.4 is 5.69 Å². The molecule has 1 aromatic carbocycles. The topological polar surface area (TPSA) is 89.6 Å². The van der Waals surface area contributed by atoms with Crippen molar-refractivity contribution in [3.8, 4) is 0 Å². The van der Waals surface area contributed by atoms with Crippen LogP contribution in [0.25, 0.3) is 0 Å². The molecule has 3 aromatic rings. The lowest BCUT2D eigenvalue weighted by atomic mass is 9.96. The Morgan fingerprint density at radius 3 is 2.65 bits per heavy atom. The minimum atomic E-state index is -0.212. The van der Waals surface area contributed by atoms with Crippen LogP contribution in [0.4, 0.5) is 0 Å². The van der Waals surface area contributed by atoms with E-state index in [1.807, 2.05) is 58.0 Å². The number of nitrogens with one attached hydrogen (secondary N) is 1. The molecule has 0 unspecified atom stereocenters. The van der Waals surface area contributed by atoms with Crippen molar-refractivity contribution in [2.75, 3.05) is 0 Å². The van der Waals surface area contributed by atoms with E-state index in [0.29, 0.717) is 23.4 Å². The fourth-order valence-corrected chi connectivity index (χ4v) is 3.30. The third kappa shape index (κ3) is 4.24. The van der Waals surface area contributed by atoms with E-state index in [4.69, 9.17) is 4.52 Å². The Labute approximate surface area is 156 Å². The van der Waals surface area contributed by atoms with Gasteiger partial charge in [-0.3, -0.25) is 4.57 Å². The zero-order valence-corrected chi connectivity index (χ0v) is 16.2. The summed E-state index contributed by atoms with van der Waals surface area (Å²) in [4.78, 5) is 16.6. The molecule has 0 saturated carbocycles. The normalized spacial score (nSPS) is 13.1. The summed E-state index contributed by atoms with van der Waals surface area (Å²) >= 11 is 1.43. The highest BCUT2D eigenvalue weighted by molar-refractivity contribution is 7.99. The van der Waals surface area contributed by atoms with Gasteiger partial charge in [-0.15, -0.1) is 5.10 Å². The summed E-state index contributed by atoms with van der Waals surface area (Å²) < 4.78 is 7.04. The smallest absolute Gasteiger partial charge is 0.338 e. The quantitative estimate of drug-likeness (QED) is 0.667. The first-order valence-electron chi connectivity index (χ1n) is 8.54. The van der Waals surface area contributed by atoms with Gasteiger partial charge in [0.15, 0.2) is 11.0 Å². The molecular formula is C18H23N5O2S. The molecule has 138 valence electrons. The summed E-state index contributed by atoms with van der Waals surface area (Å²) in [6.45, 7) is 8.63. The largest absolute Gasteiger partial charge is 0.343 e. The lowest BCUT2D eigenvalue weighted by Gasteiger charge is -2.11. The number of rotatable bonds is 6. The molecule has 1 atom stereocenters. The number of thioether (sulfide) groups is 1. The van der Waals surface area contributed by atoms with Crippen LogP contribution >= 0.6 is 11.8 Å². The van der Waals surface area contributed by atoms with E-state index in [-0.39, 0.29) is 16.4 Å². The molecule has 8 heteroatoms. The van der Waals surface area contributed by atoms with Crippen molar-refractivity contribution in [2.45, 2.75) is 56.5 Å². The van der Waals surface area contributed by atoms with E-state index >= 15 is 0 Å². The molecule has 0 saturated heterocycles. The van der Waals surface area contributed by atoms with Crippen LogP contribution in [0.5, 0.6) is 0 Å². The zero-order chi connectivity index (χ0) is 18.7. The Bertz CT molecular complexity index is 908. The van der Waals surface area contributed by atoms with Gasteiger partial charge in [0.05, 0.1) is 5.25 Å². The van der Waals surface area contributed by atoms with Gasteiger partial charge in [0.2, 0.25) is 5.89 Å². The van der Waals surface area contributed by atoms with Crippen molar-refractivity contribution < 1.29 is 4.52 Å². The Kier molecular flexibility index (Phi) is 5.31. The van der Waals surface area contributed by atoms with Crippen molar-refractivity contribution in [1.29, 1.82) is 0 Å². The Morgan fingerprint density at radius 1 is 1.27 bits per heavy atom. The van der Waals surface area contributed by atoms with E-state index in [2.05, 4.69) is 20.3 Å². The maximum atomic E-state index is 12.1. The Morgan fingerprint density at radius 2 is 2.00 bits per heavy atom. The number of benzene rings is 1. The second-order valence-corrected chi connectivity index (χ2v) is 8.47. The van der Waals surface area contributed by atoms with Gasteiger partial charge < -0.3 is 4.52 Å². The van der Waals surface area contributed by atoms with Crippen LogP contribution in [-0.4, -0.2) is 24.9 Å². The van der Waals surface area contributed by atoms with Gasteiger partial charge in [0.25, 0.3) is 0 Å². The highest BCUT2D eigenvalue weighted by Gasteiger charge is 2.24. The third-order valence-electron chi connectivity index (χ3n) is 3.93. The molecule has 3 rings (SSSR count). The lowest BCUT2D eigenvalue weighted by molar-refractivity contribution is 0.364. The average Bonchev–Trinajstić information content (AvgIpc) is 3.22. The van der Waals surface area contributed by atoms with Crippen molar-refractivity contribution >= 4 is 11.8 Å². The number of nitrogens with zero attached hydrogens (tertiary/aromatic N) is 4. The fraction of sp³-hybridized carbons (Fsp3) is 0.444. The van der Waals surface area contributed by atoms with E-state index in [1.54, 1.807) is 4.57 Å². The van der Waals surface area contributed by atoms with Gasteiger partial charge in [0.1, 0.15) is 0 Å². The van der Waals surface area contributed by atoms with E-state index in [1.165, 1.54) is 17.3 Å². The van der Waals surface area contributed by atoms with Crippen LogP contribution in [0.2, 0.25) is 0 Å². The molecule has 0 amide bonds. The molecular weight excluding hydrogens is 350 g/mol. The fourth-order valence-electron chi connectivity index (χ4n) is 2.39. The SMILES string of the molecule is C[C@@H](Sc1n[nH]c(=O)n1CCc1ccccc1)c1nc(C(C)(C)C)no1. The summed E-state index contributed by atoms with van der Waals surface area (Å²) in [5, 5.41) is 11.2. The molecule has 0 aliphatic heterocycles. The average molecular weight is 373 g/mol. The molecule has 26 heavy (non-hydrogen) atoms. The maximum Gasteiger partial charge on any atom is 0.343 e. The van der Waals surface area contributed by atoms with Gasteiger partial charge in [0, 0.05) is 12.0 Å². The first-order chi connectivity index (χ1) is 12.3. The van der Waals surface area contributed by atoms with Crippen LogP contribution in [0.1, 0.15) is 50.2 Å². The molecule has 0 radical (unpaired) electrons. The van der Waals surface area contributed by atoms with Crippen molar-refractivity contribution in [3.05, 3.63) is 58.1 Å². The molecule has 0 aliphatic rings. The third-order valence-corrected chi connectivity index (χ3v) is 5.01. The number of aromatic amines is 1. The minimum absolute atomic E-state index is 0.107. The highest BCUT2D eigenvalue weighted by atomic mass is 32.2. The van der Waals surface area contributed by atoms with E-state index < -0.39 is 0 Å². The Balaban J connectivity index is 1.72. The van der Waals surface area contributed by atoms with Gasteiger partial charge in [-0.05, 0) is 18.9 Å². The molecule has 7 nitrogen and oxygen atoms in total. The van der Waals surface area contributed by atoms with Crippen LogP contribution in [0.3, 0.4) is 0 Å². The molecule has 0 aliphatic carbocycles. The van der Waals surface area contributed by atoms with Crippen molar-refractivity contribution in [3.63, 3.8) is 0 Å². The van der Waals surface area contributed by atoms with E-state index in [9.17, 15) is 4.79 Å². The van der Waals surface area contributed by atoms with Gasteiger partial charge in [-0.25, -0.2) is 9.89 Å². The van der Waals surface area contributed by atoms with Crippen LogP contribution in [0, 0.1) is 0 Å². The standard InChI is InChI=1S/C18H23N5O2S/c1-12(14-19-15(22-25-14)18(2,3)4)26-17-21-20-16(24)23(17)11-10-13-8-6-5-7-9-13/h5-9,12H,10-11H2,1-4H3,(H,20,24)/t12-/m1/s1. The summed E-state index contributed by atoms with van der Waals surface area (Å²) in [6, 6.07) is 10.1. The number of aromatic nitrogens is 5. The molecule has 0 spiro atoms. The summed E-state index contributed by atoms with van der Waals surface area (Å²) in [7, 11) is 0. The molecule has 1 N–H and O–H groups in total. The van der Waals surface area contributed by atoms with Gasteiger partial charge in [-0.2, -0.15) is 4.98 Å². The Hall–Kier alpha value is -2.35. The highest BCUT2D eigenvalue weighted by Crippen LogP contribution is 2.33. The van der Waals surface area contributed by atoms with Crippen LogP contribution in [-0.2, 0) is 18.4 Å².